The van der Waals surface area contributed by atoms with Gasteiger partial charge in [-0.05, 0) is 50.4 Å². The molecule has 4 aliphatic rings. The number of nitrogens with one attached hydrogen (secondary N) is 1. The molecule has 6 heterocycles. The molecule has 0 saturated carbocycles. The molecule has 0 radical (unpaired) electrons. The van der Waals surface area contributed by atoms with E-state index >= 15 is 4.39 Å². The normalized spacial score (nSPS) is 26.3. The van der Waals surface area contributed by atoms with E-state index in [0.29, 0.717) is 22.8 Å². The lowest BCUT2D eigenvalue weighted by Gasteiger charge is -2.37. The Morgan fingerprint density at radius 1 is 1.02 bits per heavy atom. The van der Waals surface area contributed by atoms with E-state index in [2.05, 4.69) is 25.1 Å². The minimum Gasteiger partial charge on any atom is -0.459 e. The average molecular weight is 598 g/mol. The summed E-state index contributed by atoms with van der Waals surface area (Å²) in [5, 5.41) is 4.43. The van der Waals surface area contributed by atoms with Gasteiger partial charge in [-0.1, -0.05) is 29.4 Å². The Balaban J connectivity index is 1.29. The number of halogens is 3. The van der Waals surface area contributed by atoms with Crippen molar-refractivity contribution in [2.24, 2.45) is 0 Å². The van der Waals surface area contributed by atoms with Crippen LogP contribution in [-0.4, -0.2) is 70.3 Å². The van der Waals surface area contributed by atoms with Crippen LogP contribution in [0.5, 0.6) is 6.01 Å². The number of thiazole rings is 1. The molecular weight excluding hydrogens is 568 g/mol. The molecule has 2 aromatic carbocycles. The van der Waals surface area contributed by atoms with Crippen molar-refractivity contribution in [1.82, 2.24) is 25.2 Å². The molecule has 4 aliphatic heterocycles. The molecule has 214 valence electrons. The first-order valence-corrected chi connectivity index (χ1v) is 15.6. The van der Waals surface area contributed by atoms with Crippen molar-refractivity contribution in [2.75, 3.05) is 36.8 Å². The standard InChI is InChI=1S/C29H30ClF2N7OS/c30-20-10-19-24(23(32)22(20)18-6-7-21(31)26-25(18)35-28(33)41-26)36-29(40-17-9-14-3-1-2-8-38(14)13-17)37-27(19)39-15-4-5-16(39)12-34-11-15/h6-7,10,14-17,34H,1-5,8-9,11-13H2,(H2,33,35). The Labute approximate surface area is 244 Å². The monoisotopic (exact) mass is 597 g/mol. The van der Waals surface area contributed by atoms with Crippen LogP contribution in [-0.2, 0) is 0 Å². The molecule has 4 unspecified atom stereocenters. The smallest absolute Gasteiger partial charge is 0.319 e. The van der Waals surface area contributed by atoms with Crippen molar-refractivity contribution >= 4 is 55.0 Å². The number of nitrogens with zero attached hydrogens (tertiary/aromatic N) is 5. The summed E-state index contributed by atoms with van der Waals surface area (Å²) in [7, 11) is 0. The second kappa shape index (κ2) is 9.86. The highest BCUT2D eigenvalue weighted by Crippen LogP contribution is 2.44. The van der Waals surface area contributed by atoms with Gasteiger partial charge in [0, 0.05) is 60.7 Å². The fourth-order valence-corrected chi connectivity index (χ4v) is 8.47. The van der Waals surface area contributed by atoms with Gasteiger partial charge in [0.1, 0.15) is 23.3 Å². The minimum atomic E-state index is -0.605. The van der Waals surface area contributed by atoms with Crippen LogP contribution in [0.3, 0.4) is 0 Å². The first-order chi connectivity index (χ1) is 19.9. The van der Waals surface area contributed by atoms with Crippen molar-refractivity contribution in [3.05, 3.63) is 34.9 Å². The fraction of sp³-hybridized carbons (Fsp3) is 0.483. The Morgan fingerprint density at radius 3 is 2.66 bits per heavy atom. The second-order valence-corrected chi connectivity index (χ2v) is 13.1. The van der Waals surface area contributed by atoms with Gasteiger partial charge in [-0.3, -0.25) is 4.90 Å². The zero-order valence-corrected chi connectivity index (χ0v) is 23.9. The summed E-state index contributed by atoms with van der Waals surface area (Å²) in [6.45, 7) is 3.59. The van der Waals surface area contributed by atoms with E-state index in [1.807, 2.05) is 0 Å². The highest BCUT2D eigenvalue weighted by atomic mass is 35.5. The number of nitrogen functional groups attached to an aromatic ring is 1. The highest BCUT2D eigenvalue weighted by Gasteiger charge is 2.40. The summed E-state index contributed by atoms with van der Waals surface area (Å²) in [6.07, 6.45) is 6.57. The number of anilines is 2. The van der Waals surface area contributed by atoms with Gasteiger partial charge >= 0.3 is 6.01 Å². The van der Waals surface area contributed by atoms with Gasteiger partial charge < -0.3 is 20.7 Å². The van der Waals surface area contributed by atoms with Gasteiger partial charge in [0.25, 0.3) is 0 Å². The van der Waals surface area contributed by atoms with Crippen molar-refractivity contribution in [2.45, 2.75) is 62.8 Å². The first-order valence-electron chi connectivity index (χ1n) is 14.4. The molecular formula is C29H30ClF2N7OS. The maximum atomic E-state index is 16.7. The summed E-state index contributed by atoms with van der Waals surface area (Å²) in [4.78, 5) is 18.7. The number of nitrogens with two attached hydrogens (primary N) is 1. The zero-order chi connectivity index (χ0) is 27.8. The van der Waals surface area contributed by atoms with Crippen molar-refractivity contribution in [1.29, 1.82) is 0 Å². The van der Waals surface area contributed by atoms with Gasteiger partial charge in [-0.15, -0.1) is 0 Å². The van der Waals surface area contributed by atoms with Crippen molar-refractivity contribution < 1.29 is 13.5 Å². The third kappa shape index (κ3) is 4.23. The van der Waals surface area contributed by atoms with E-state index < -0.39 is 11.6 Å². The number of piperazine rings is 1. The Bertz CT molecular complexity index is 1650. The van der Waals surface area contributed by atoms with E-state index in [1.165, 1.54) is 31.4 Å². The predicted molar refractivity (Wildman–Crippen MR) is 158 cm³/mol. The van der Waals surface area contributed by atoms with Gasteiger partial charge in [0.05, 0.1) is 15.2 Å². The molecule has 4 aromatic rings. The van der Waals surface area contributed by atoms with Crippen LogP contribution >= 0.6 is 22.9 Å². The number of piperidine rings is 1. The summed E-state index contributed by atoms with van der Waals surface area (Å²) in [6, 6.07) is 5.72. The predicted octanol–water partition coefficient (Wildman–Crippen LogP) is 5.37. The van der Waals surface area contributed by atoms with Crippen LogP contribution in [0.15, 0.2) is 18.2 Å². The van der Waals surface area contributed by atoms with Crippen LogP contribution < -0.4 is 20.7 Å². The van der Waals surface area contributed by atoms with Gasteiger partial charge in [0.15, 0.2) is 10.9 Å². The summed E-state index contributed by atoms with van der Waals surface area (Å²) < 4.78 is 38.0. The Morgan fingerprint density at radius 2 is 1.85 bits per heavy atom. The van der Waals surface area contributed by atoms with E-state index in [1.54, 1.807) is 6.07 Å². The number of rotatable bonds is 4. The molecule has 12 heteroatoms. The van der Waals surface area contributed by atoms with Crippen LogP contribution in [0.2, 0.25) is 5.02 Å². The van der Waals surface area contributed by atoms with Crippen LogP contribution in [0.4, 0.5) is 19.7 Å². The number of ether oxygens (including phenoxy) is 1. The lowest BCUT2D eigenvalue weighted by Crippen LogP contribution is -2.52. The molecule has 8 nitrogen and oxygen atoms in total. The molecule has 41 heavy (non-hydrogen) atoms. The second-order valence-electron chi connectivity index (χ2n) is 11.7. The summed E-state index contributed by atoms with van der Waals surface area (Å²) in [5.74, 6) is -0.409. The van der Waals surface area contributed by atoms with Crippen molar-refractivity contribution in [3.8, 4) is 17.1 Å². The molecule has 4 fully saturated rings. The zero-order valence-electron chi connectivity index (χ0n) is 22.4. The third-order valence-corrected chi connectivity index (χ3v) is 10.4. The number of hydrogen-bond donors (Lipinski definition) is 2. The molecule has 0 aliphatic carbocycles. The molecule has 0 amide bonds. The van der Waals surface area contributed by atoms with E-state index in [9.17, 15) is 4.39 Å². The van der Waals surface area contributed by atoms with E-state index in [-0.39, 0.29) is 55.6 Å². The van der Waals surface area contributed by atoms with E-state index in [0.717, 1.165) is 56.8 Å². The first kappa shape index (κ1) is 25.8. The van der Waals surface area contributed by atoms with Crippen LogP contribution in [0, 0.1) is 11.6 Å². The maximum Gasteiger partial charge on any atom is 0.319 e. The Hall–Kier alpha value is -2.86. The average Bonchev–Trinajstić information content (AvgIpc) is 3.62. The van der Waals surface area contributed by atoms with Gasteiger partial charge in [-0.2, -0.15) is 9.97 Å². The minimum absolute atomic E-state index is 0.0484. The number of fused-ring (bicyclic) bond motifs is 5. The largest absolute Gasteiger partial charge is 0.459 e. The molecule has 2 bridgehead atoms. The molecule has 3 N–H and O–H groups in total. The molecule has 4 atom stereocenters. The number of aromatic nitrogens is 3. The molecule has 0 spiro atoms. The van der Waals surface area contributed by atoms with Crippen molar-refractivity contribution in [3.63, 3.8) is 0 Å². The fourth-order valence-electron chi connectivity index (χ4n) is 7.42. The molecule has 2 aromatic heterocycles. The Kier molecular flexibility index (Phi) is 6.21. The summed E-state index contributed by atoms with van der Waals surface area (Å²) in [5.41, 5.74) is 6.82. The van der Waals surface area contributed by atoms with Crippen LogP contribution in [0.1, 0.15) is 38.5 Å². The SMILES string of the molecule is Nc1nc2c(-c3c(Cl)cc4c(N5C6CCC5CNC6)nc(OC5CC6CCCCN6C5)nc4c3F)ccc(F)c2s1. The lowest BCUT2D eigenvalue weighted by atomic mass is 10.0. The topological polar surface area (TPSA) is 92.4 Å². The van der Waals surface area contributed by atoms with Crippen LogP contribution in [0.25, 0.3) is 32.2 Å². The number of hydrogen-bond acceptors (Lipinski definition) is 9. The summed E-state index contributed by atoms with van der Waals surface area (Å²) >= 11 is 7.85. The van der Waals surface area contributed by atoms with Gasteiger partial charge in [-0.25, -0.2) is 13.8 Å². The lowest BCUT2D eigenvalue weighted by molar-refractivity contribution is 0.172. The molecule has 8 rings (SSSR count). The van der Waals surface area contributed by atoms with Gasteiger partial charge in [0.2, 0.25) is 0 Å². The molecule has 4 saturated heterocycles. The van der Waals surface area contributed by atoms with E-state index in [4.69, 9.17) is 27.1 Å². The quantitative estimate of drug-likeness (QED) is 0.325. The third-order valence-electron chi connectivity index (χ3n) is 9.24. The highest BCUT2D eigenvalue weighted by molar-refractivity contribution is 7.22. The maximum absolute atomic E-state index is 16.7. The number of benzene rings is 2.